The van der Waals surface area contributed by atoms with E-state index in [-0.39, 0.29) is 23.7 Å². The van der Waals surface area contributed by atoms with Crippen molar-refractivity contribution >= 4 is 17.3 Å². The van der Waals surface area contributed by atoms with Crippen molar-refractivity contribution < 1.29 is 13.9 Å². The van der Waals surface area contributed by atoms with Crippen molar-refractivity contribution in [3.63, 3.8) is 0 Å². The predicted octanol–water partition coefficient (Wildman–Crippen LogP) is 4.36. The van der Waals surface area contributed by atoms with Crippen LogP contribution >= 0.6 is 0 Å². The Bertz CT molecular complexity index is 1100. The first kappa shape index (κ1) is 21.5. The second-order valence-corrected chi connectivity index (χ2v) is 8.61. The quantitative estimate of drug-likeness (QED) is 0.528. The van der Waals surface area contributed by atoms with Crippen LogP contribution in [0.15, 0.2) is 78.9 Å². The number of anilines is 2. The lowest BCUT2D eigenvalue weighted by Gasteiger charge is -2.49. The van der Waals surface area contributed by atoms with Crippen LogP contribution in [0.2, 0.25) is 0 Å². The van der Waals surface area contributed by atoms with E-state index < -0.39 is 0 Å². The lowest BCUT2D eigenvalue weighted by Crippen LogP contribution is -2.60. The summed E-state index contributed by atoms with van der Waals surface area (Å²) in [7, 11) is 1.65. The highest BCUT2D eigenvalue weighted by molar-refractivity contribution is 6.03. The molecule has 1 amide bonds. The molecule has 3 aromatic rings. The van der Waals surface area contributed by atoms with E-state index in [9.17, 15) is 9.18 Å². The molecule has 5 nitrogen and oxygen atoms in total. The van der Waals surface area contributed by atoms with Crippen molar-refractivity contribution in [1.29, 1.82) is 0 Å². The zero-order valence-electron chi connectivity index (χ0n) is 18.7. The van der Waals surface area contributed by atoms with Crippen molar-refractivity contribution in [3.8, 4) is 5.75 Å². The third-order valence-corrected chi connectivity index (χ3v) is 6.73. The number of methoxy groups -OCH3 is 1. The van der Waals surface area contributed by atoms with E-state index in [1.807, 2.05) is 59.5 Å². The van der Waals surface area contributed by atoms with Crippen LogP contribution in [-0.4, -0.2) is 50.6 Å². The van der Waals surface area contributed by atoms with Gasteiger partial charge in [0.05, 0.1) is 24.8 Å². The number of piperazine rings is 1. The summed E-state index contributed by atoms with van der Waals surface area (Å²) in [5, 5.41) is 0. The number of benzene rings is 3. The summed E-state index contributed by atoms with van der Waals surface area (Å²) in [5.74, 6) is 0.659. The Hall–Kier alpha value is -3.38. The van der Waals surface area contributed by atoms with Gasteiger partial charge >= 0.3 is 0 Å². The predicted molar refractivity (Wildman–Crippen MR) is 128 cm³/mol. The summed E-state index contributed by atoms with van der Waals surface area (Å²) >= 11 is 0. The first-order valence-corrected chi connectivity index (χ1v) is 11.4. The Morgan fingerprint density at radius 1 is 0.879 bits per heavy atom. The molecule has 33 heavy (non-hydrogen) atoms. The maximum Gasteiger partial charge on any atom is 0.234 e. The second-order valence-electron chi connectivity index (χ2n) is 8.61. The van der Waals surface area contributed by atoms with Gasteiger partial charge in [-0.25, -0.2) is 4.39 Å². The largest absolute Gasteiger partial charge is 0.497 e. The summed E-state index contributed by atoms with van der Waals surface area (Å²) in [4.78, 5) is 19.6. The van der Waals surface area contributed by atoms with Crippen molar-refractivity contribution in [3.05, 3.63) is 90.2 Å². The first-order chi connectivity index (χ1) is 16.2. The van der Waals surface area contributed by atoms with Crippen LogP contribution in [0.3, 0.4) is 0 Å². The van der Waals surface area contributed by atoms with E-state index in [2.05, 4.69) is 21.9 Å². The molecule has 0 spiro atoms. The fourth-order valence-electron chi connectivity index (χ4n) is 4.94. The number of carbonyl (C=O) groups is 1. The molecule has 2 fully saturated rings. The number of β-lactam (4-membered cyclic amide) rings is 1. The zero-order chi connectivity index (χ0) is 22.8. The molecule has 0 aliphatic carbocycles. The molecule has 0 saturated carbocycles. The highest BCUT2D eigenvalue weighted by Gasteiger charge is 2.49. The summed E-state index contributed by atoms with van der Waals surface area (Å²) in [6, 6.07) is 24.8. The number of carbonyl (C=O) groups excluding carboxylic acids is 1. The molecule has 5 rings (SSSR count). The van der Waals surface area contributed by atoms with E-state index in [1.165, 1.54) is 6.07 Å². The first-order valence-electron chi connectivity index (χ1n) is 11.4. The van der Waals surface area contributed by atoms with Crippen LogP contribution in [0.4, 0.5) is 15.8 Å². The third-order valence-electron chi connectivity index (χ3n) is 6.73. The fraction of sp³-hybridized carbons (Fsp3) is 0.296. The summed E-state index contributed by atoms with van der Waals surface area (Å²) < 4.78 is 19.5. The average Bonchev–Trinajstić information content (AvgIpc) is 2.87. The molecule has 2 aliphatic heterocycles. The molecular weight excluding hydrogens is 417 g/mol. The minimum absolute atomic E-state index is 0.0181. The standard InChI is InChI=1S/C27H28FN3O2/c1-33-22-13-11-20(12-14-22)26-23(27(32)31(26)21-7-3-2-4-8-21)19-29-15-17-30(18-16-29)25-10-6-5-9-24(25)28/h2-14,23,26H,15-19H2,1H3/t23-,26+/m1/s1. The van der Waals surface area contributed by atoms with Gasteiger partial charge in [-0.15, -0.1) is 0 Å². The van der Waals surface area contributed by atoms with Gasteiger partial charge in [-0.05, 0) is 42.0 Å². The van der Waals surface area contributed by atoms with Crippen LogP contribution in [0.5, 0.6) is 5.75 Å². The Kier molecular flexibility index (Phi) is 6.01. The van der Waals surface area contributed by atoms with Gasteiger partial charge in [0.15, 0.2) is 0 Å². The Balaban J connectivity index is 1.31. The molecule has 170 valence electrons. The number of para-hydroxylation sites is 2. The van der Waals surface area contributed by atoms with Crippen molar-refractivity contribution in [1.82, 2.24) is 4.90 Å². The van der Waals surface area contributed by atoms with Gasteiger partial charge in [0.1, 0.15) is 11.6 Å². The van der Waals surface area contributed by atoms with Crippen molar-refractivity contribution in [2.75, 3.05) is 49.6 Å². The van der Waals surface area contributed by atoms with Gasteiger partial charge < -0.3 is 14.5 Å². The maximum atomic E-state index is 14.2. The molecule has 0 aromatic heterocycles. The fourth-order valence-corrected chi connectivity index (χ4v) is 4.94. The van der Waals surface area contributed by atoms with Gasteiger partial charge in [0.2, 0.25) is 5.91 Å². The van der Waals surface area contributed by atoms with E-state index in [0.717, 1.165) is 43.2 Å². The molecule has 0 bridgehead atoms. The SMILES string of the molecule is COc1ccc([C@H]2[C@@H](CN3CCN(c4ccccc4F)CC3)C(=O)N2c2ccccc2)cc1. The number of nitrogens with zero attached hydrogens (tertiary/aromatic N) is 3. The highest BCUT2D eigenvalue weighted by Crippen LogP contribution is 2.44. The number of amides is 1. The van der Waals surface area contributed by atoms with Gasteiger partial charge in [-0.2, -0.15) is 0 Å². The van der Waals surface area contributed by atoms with Crippen LogP contribution in [-0.2, 0) is 4.79 Å². The van der Waals surface area contributed by atoms with Crippen molar-refractivity contribution in [2.24, 2.45) is 5.92 Å². The highest BCUT2D eigenvalue weighted by atomic mass is 19.1. The Morgan fingerprint density at radius 3 is 2.21 bits per heavy atom. The Morgan fingerprint density at radius 2 is 1.55 bits per heavy atom. The molecule has 0 radical (unpaired) electrons. The molecular formula is C27H28FN3O2. The Labute approximate surface area is 194 Å². The van der Waals surface area contributed by atoms with Gasteiger partial charge in [-0.1, -0.05) is 42.5 Å². The van der Waals surface area contributed by atoms with Gasteiger partial charge in [-0.3, -0.25) is 9.69 Å². The minimum Gasteiger partial charge on any atom is -0.497 e. The molecule has 6 heteroatoms. The number of hydrogen-bond donors (Lipinski definition) is 0. The second kappa shape index (κ2) is 9.24. The molecule has 0 N–H and O–H groups in total. The van der Waals surface area contributed by atoms with Crippen molar-refractivity contribution in [2.45, 2.75) is 6.04 Å². The van der Waals surface area contributed by atoms with Crippen LogP contribution < -0.4 is 14.5 Å². The summed E-state index contributed by atoms with van der Waals surface area (Å²) in [5.41, 5.74) is 2.68. The molecule has 2 aliphatic rings. The van der Waals surface area contributed by atoms with Crippen LogP contribution in [0, 0.1) is 11.7 Å². The maximum absolute atomic E-state index is 14.2. The number of hydrogen-bond acceptors (Lipinski definition) is 4. The molecule has 0 unspecified atom stereocenters. The molecule has 2 heterocycles. The number of ether oxygens (including phenoxy) is 1. The van der Waals surface area contributed by atoms with E-state index in [0.29, 0.717) is 12.2 Å². The van der Waals surface area contributed by atoms with E-state index in [1.54, 1.807) is 13.2 Å². The number of rotatable bonds is 6. The van der Waals surface area contributed by atoms with E-state index in [4.69, 9.17) is 4.74 Å². The average molecular weight is 446 g/mol. The van der Waals surface area contributed by atoms with Gasteiger partial charge in [0, 0.05) is 38.4 Å². The smallest absolute Gasteiger partial charge is 0.234 e. The van der Waals surface area contributed by atoms with Crippen LogP contribution in [0.1, 0.15) is 11.6 Å². The lowest BCUT2D eigenvalue weighted by molar-refractivity contribution is -0.131. The minimum atomic E-state index is -0.182. The third kappa shape index (κ3) is 4.18. The monoisotopic (exact) mass is 445 g/mol. The van der Waals surface area contributed by atoms with Crippen LogP contribution in [0.25, 0.3) is 0 Å². The number of halogens is 1. The zero-order valence-corrected chi connectivity index (χ0v) is 18.7. The molecule has 2 saturated heterocycles. The van der Waals surface area contributed by atoms with Gasteiger partial charge in [0.25, 0.3) is 0 Å². The topological polar surface area (TPSA) is 36.0 Å². The summed E-state index contributed by atoms with van der Waals surface area (Å²) in [6.45, 7) is 3.80. The summed E-state index contributed by atoms with van der Waals surface area (Å²) in [6.07, 6.45) is 0. The van der Waals surface area contributed by atoms with E-state index >= 15 is 0 Å². The molecule has 2 atom stereocenters. The lowest BCUT2D eigenvalue weighted by atomic mass is 9.81. The molecule has 3 aromatic carbocycles. The normalized spacial score (nSPS) is 21.1.